The van der Waals surface area contributed by atoms with Crippen molar-refractivity contribution in [2.75, 3.05) is 7.05 Å². The Morgan fingerprint density at radius 3 is 2.44 bits per heavy atom. The Bertz CT molecular complexity index is 472. The zero-order chi connectivity index (χ0) is 13.3. The van der Waals surface area contributed by atoms with Crippen LogP contribution in [0.4, 0.5) is 0 Å². The van der Waals surface area contributed by atoms with Crippen LogP contribution in [0.3, 0.4) is 0 Å². The smallest absolute Gasteiger partial charge is 0.246 e. The number of amides is 2. The predicted molar refractivity (Wildman–Crippen MR) is 71.9 cm³/mol. The summed E-state index contributed by atoms with van der Waals surface area (Å²) in [6.07, 6.45) is 0.246. The Labute approximate surface area is 114 Å². The van der Waals surface area contributed by atoms with E-state index in [2.05, 4.69) is 21.2 Å². The molecule has 1 unspecified atom stereocenters. The SMILES string of the molecule is C[C@H](NC1CC(=O)N(C)C1=O)c1ccc(Br)cc1. The summed E-state index contributed by atoms with van der Waals surface area (Å²) >= 11 is 3.38. The first-order valence-corrected chi connectivity index (χ1v) is 6.60. The van der Waals surface area contributed by atoms with E-state index in [9.17, 15) is 9.59 Å². The summed E-state index contributed by atoms with van der Waals surface area (Å²) in [6.45, 7) is 1.99. The maximum Gasteiger partial charge on any atom is 0.246 e. The van der Waals surface area contributed by atoms with Gasteiger partial charge < -0.3 is 0 Å². The van der Waals surface area contributed by atoms with Crippen molar-refractivity contribution in [3.05, 3.63) is 34.3 Å². The van der Waals surface area contributed by atoms with Gasteiger partial charge in [0.1, 0.15) is 0 Å². The molecule has 2 atom stereocenters. The van der Waals surface area contributed by atoms with E-state index >= 15 is 0 Å². The number of carbonyl (C=O) groups excluding carboxylic acids is 2. The molecule has 0 aliphatic carbocycles. The molecular weight excluding hydrogens is 296 g/mol. The molecule has 1 aromatic rings. The molecule has 1 aliphatic rings. The van der Waals surface area contributed by atoms with Gasteiger partial charge in [-0.15, -0.1) is 0 Å². The van der Waals surface area contributed by atoms with E-state index in [0.29, 0.717) is 0 Å². The van der Waals surface area contributed by atoms with Crippen molar-refractivity contribution in [1.82, 2.24) is 10.2 Å². The van der Waals surface area contributed by atoms with Crippen LogP contribution in [0.15, 0.2) is 28.7 Å². The highest BCUT2D eigenvalue weighted by Crippen LogP contribution is 2.19. The molecular formula is C13H15BrN2O2. The minimum Gasteiger partial charge on any atom is -0.299 e. The third-order valence-electron chi connectivity index (χ3n) is 3.20. The summed E-state index contributed by atoms with van der Waals surface area (Å²) in [5, 5.41) is 3.20. The van der Waals surface area contributed by atoms with Crippen LogP contribution in [0.1, 0.15) is 24.9 Å². The second-order valence-corrected chi connectivity index (χ2v) is 5.40. The highest BCUT2D eigenvalue weighted by Gasteiger charge is 2.36. The zero-order valence-corrected chi connectivity index (χ0v) is 11.9. The quantitative estimate of drug-likeness (QED) is 0.867. The number of nitrogens with one attached hydrogen (secondary N) is 1. The van der Waals surface area contributed by atoms with Gasteiger partial charge in [-0.05, 0) is 24.6 Å². The number of halogens is 1. The normalized spacial score (nSPS) is 21.5. The van der Waals surface area contributed by atoms with Gasteiger partial charge in [-0.1, -0.05) is 28.1 Å². The summed E-state index contributed by atoms with van der Waals surface area (Å²) in [7, 11) is 1.52. The fourth-order valence-electron chi connectivity index (χ4n) is 2.04. The molecule has 0 aromatic heterocycles. The van der Waals surface area contributed by atoms with Gasteiger partial charge in [0.05, 0.1) is 12.5 Å². The Hall–Kier alpha value is -1.20. The average Bonchev–Trinajstić information content (AvgIpc) is 2.58. The third-order valence-corrected chi connectivity index (χ3v) is 3.73. The summed E-state index contributed by atoms with van der Waals surface area (Å²) in [4.78, 5) is 24.4. The molecule has 4 nitrogen and oxygen atoms in total. The fourth-order valence-corrected chi connectivity index (χ4v) is 2.30. The summed E-state index contributed by atoms with van der Waals surface area (Å²) in [5.74, 6) is -0.274. The Morgan fingerprint density at radius 2 is 1.94 bits per heavy atom. The van der Waals surface area contributed by atoms with Gasteiger partial charge in [-0.25, -0.2) is 0 Å². The van der Waals surface area contributed by atoms with E-state index in [-0.39, 0.29) is 24.3 Å². The lowest BCUT2D eigenvalue weighted by atomic mass is 10.1. The first-order valence-electron chi connectivity index (χ1n) is 5.81. The molecule has 2 rings (SSSR count). The summed E-state index contributed by atoms with van der Waals surface area (Å²) in [6, 6.07) is 7.54. The molecule has 0 bridgehead atoms. The molecule has 1 saturated heterocycles. The minimum absolute atomic E-state index is 0.0337. The average molecular weight is 311 g/mol. The fraction of sp³-hybridized carbons (Fsp3) is 0.385. The van der Waals surface area contributed by atoms with Crippen LogP contribution in [0.2, 0.25) is 0 Å². The number of carbonyl (C=O) groups is 2. The van der Waals surface area contributed by atoms with Gasteiger partial charge in [0.15, 0.2) is 0 Å². The molecule has 5 heteroatoms. The van der Waals surface area contributed by atoms with Gasteiger partial charge >= 0.3 is 0 Å². The second-order valence-electron chi connectivity index (χ2n) is 4.49. The van der Waals surface area contributed by atoms with Gasteiger partial charge in [0, 0.05) is 17.6 Å². The van der Waals surface area contributed by atoms with E-state index in [1.54, 1.807) is 0 Å². The van der Waals surface area contributed by atoms with E-state index in [0.717, 1.165) is 10.0 Å². The van der Waals surface area contributed by atoms with E-state index in [4.69, 9.17) is 0 Å². The number of hydrogen-bond acceptors (Lipinski definition) is 3. The Morgan fingerprint density at radius 1 is 1.33 bits per heavy atom. The van der Waals surface area contributed by atoms with Crippen molar-refractivity contribution in [3.63, 3.8) is 0 Å². The maximum absolute atomic E-state index is 11.8. The summed E-state index contributed by atoms with van der Waals surface area (Å²) in [5.41, 5.74) is 1.09. The highest BCUT2D eigenvalue weighted by molar-refractivity contribution is 9.10. The number of benzene rings is 1. The van der Waals surface area contributed by atoms with Crippen LogP contribution in [0.25, 0.3) is 0 Å². The second kappa shape index (κ2) is 5.20. The topological polar surface area (TPSA) is 49.4 Å². The number of likely N-dealkylation sites (tertiary alicyclic amines) is 1. The van der Waals surface area contributed by atoms with Crippen molar-refractivity contribution < 1.29 is 9.59 Å². The van der Waals surface area contributed by atoms with Crippen LogP contribution in [0.5, 0.6) is 0 Å². The molecule has 0 saturated carbocycles. The number of rotatable bonds is 3. The van der Waals surface area contributed by atoms with Crippen LogP contribution < -0.4 is 5.32 Å². The van der Waals surface area contributed by atoms with Gasteiger partial charge in [0.25, 0.3) is 0 Å². The molecule has 1 heterocycles. The van der Waals surface area contributed by atoms with Crippen molar-refractivity contribution in [3.8, 4) is 0 Å². The first kappa shape index (κ1) is 13.2. The Balaban J connectivity index is 2.04. The molecule has 2 amide bonds. The van der Waals surface area contributed by atoms with Crippen molar-refractivity contribution in [2.24, 2.45) is 0 Å². The van der Waals surface area contributed by atoms with Gasteiger partial charge in [-0.3, -0.25) is 19.8 Å². The molecule has 1 aromatic carbocycles. The molecule has 1 fully saturated rings. The van der Waals surface area contributed by atoms with Crippen molar-refractivity contribution in [2.45, 2.75) is 25.4 Å². The Kier molecular flexibility index (Phi) is 3.82. The van der Waals surface area contributed by atoms with Crippen molar-refractivity contribution >= 4 is 27.7 Å². The number of hydrogen-bond donors (Lipinski definition) is 1. The number of imide groups is 1. The lowest BCUT2D eigenvalue weighted by Crippen LogP contribution is -2.38. The van der Waals surface area contributed by atoms with Crippen LogP contribution >= 0.6 is 15.9 Å². The van der Waals surface area contributed by atoms with E-state index in [1.165, 1.54) is 11.9 Å². The molecule has 0 spiro atoms. The highest BCUT2D eigenvalue weighted by atomic mass is 79.9. The van der Waals surface area contributed by atoms with Gasteiger partial charge in [-0.2, -0.15) is 0 Å². The molecule has 0 radical (unpaired) electrons. The molecule has 18 heavy (non-hydrogen) atoms. The molecule has 1 aliphatic heterocycles. The molecule has 96 valence electrons. The zero-order valence-electron chi connectivity index (χ0n) is 10.3. The first-order chi connectivity index (χ1) is 8.49. The maximum atomic E-state index is 11.8. The van der Waals surface area contributed by atoms with E-state index < -0.39 is 6.04 Å². The molecule has 1 N–H and O–H groups in total. The lowest BCUT2D eigenvalue weighted by Gasteiger charge is -2.18. The summed E-state index contributed by atoms with van der Waals surface area (Å²) < 4.78 is 1.02. The predicted octanol–water partition coefficient (Wildman–Crippen LogP) is 1.86. The van der Waals surface area contributed by atoms with Crippen molar-refractivity contribution in [1.29, 1.82) is 0 Å². The third kappa shape index (κ3) is 2.62. The standard InChI is InChI=1S/C13H15BrN2O2/c1-8(9-3-5-10(14)6-4-9)15-11-7-12(17)16(2)13(11)18/h3-6,8,11,15H,7H2,1-2H3/t8-,11?/m0/s1. The monoisotopic (exact) mass is 310 g/mol. The van der Waals surface area contributed by atoms with Crippen LogP contribution in [0, 0.1) is 0 Å². The largest absolute Gasteiger partial charge is 0.299 e. The lowest BCUT2D eigenvalue weighted by molar-refractivity contribution is -0.137. The van der Waals surface area contributed by atoms with E-state index in [1.807, 2.05) is 31.2 Å². The van der Waals surface area contributed by atoms with Gasteiger partial charge in [0.2, 0.25) is 11.8 Å². The minimum atomic E-state index is -0.402. The number of likely N-dealkylation sites (N-methyl/N-ethyl adjacent to an activating group) is 1. The van der Waals surface area contributed by atoms with Crippen LogP contribution in [-0.2, 0) is 9.59 Å². The number of nitrogens with zero attached hydrogens (tertiary/aromatic N) is 1. The van der Waals surface area contributed by atoms with Crippen LogP contribution in [-0.4, -0.2) is 29.8 Å².